The first-order valence-electron chi connectivity index (χ1n) is 5.68. The normalized spacial score (nSPS) is 9.74. The molecule has 3 aromatic rings. The van der Waals surface area contributed by atoms with Crippen molar-refractivity contribution in [3.8, 4) is 11.5 Å². The number of benzene rings is 2. The van der Waals surface area contributed by atoms with Gasteiger partial charge in [-0.3, -0.25) is 0 Å². The third kappa shape index (κ3) is 3.17. The number of para-hydroxylation sites is 3. The quantitative estimate of drug-likeness (QED) is 0.503. The average Bonchev–Trinajstić information content (AvgIpc) is 2.80. The van der Waals surface area contributed by atoms with Crippen LogP contribution in [0, 0.1) is 0 Å². The van der Waals surface area contributed by atoms with E-state index in [1.165, 1.54) is 11.5 Å². The molecule has 0 aliphatic carbocycles. The van der Waals surface area contributed by atoms with Crippen LogP contribution >= 0.6 is 0 Å². The van der Waals surface area contributed by atoms with E-state index in [9.17, 15) is 0 Å². The minimum absolute atomic E-state index is 0.0556. The third-order valence-corrected chi connectivity index (χ3v) is 2.54. The highest BCUT2D eigenvalue weighted by molar-refractivity contribution is 5.82. The van der Waals surface area contributed by atoms with Crippen LogP contribution in [-0.4, -0.2) is 10.1 Å². The zero-order chi connectivity index (χ0) is 13.7. The molecule has 6 N–H and O–H groups in total. The van der Waals surface area contributed by atoms with Gasteiger partial charge in [0.2, 0.25) is 0 Å². The van der Waals surface area contributed by atoms with Gasteiger partial charge < -0.3 is 20.7 Å². The van der Waals surface area contributed by atoms with Crippen LogP contribution in [0.2, 0.25) is 0 Å². The first-order valence-corrected chi connectivity index (χ1v) is 5.68. The number of fused-ring (bicyclic) bond motifs is 1. The van der Waals surface area contributed by atoms with E-state index in [1.54, 1.807) is 18.2 Å². The minimum atomic E-state index is 0.0556. The fourth-order valence-corrected chi connectivity index (χ4v) is 1.65. The molecule has 5 heteroatoms. The second kappa shape index (κ2) is 5.79. The van der Waals surface area contributed by atoms with Crippen LogP contribution in [0.5, 0.6) is 11.5 Å². The zero-order valence-electron chi connectivity index (χ0n) is 10.2. The molecule has 0 aliphatic heterocycles. The molecule has 5 nitrogen and oxygen atoms in total. The lowest BCUT2D eigenvalue weighted by atomic mass is 10.3. The van der Waals surface area contributed by atoms with Gasteiger partial charge in [0.15, 0.2) is 11.5 Å². The largest absolute Gasteiger partial charge is 0.504 e. The molecule has 0 amide bonds. The summed E-state index contributed by atoms with van der Waals surface area (Å²) >= 11 is 0. The maximum atomic E-state index is 8.91. The van der Waals surface area contributed by atoms with Gasteiger partial charge in [-0.1, -0.05) is 30.3 Å². The predicted molar refractivity (Wildman–Crippen MR) is 75.6 cm³/mol. The van der Waals surface area contributed by atoms with Crippen molar-refractivity contribution in [2.75, 3.05) is 5.73 Å². The molecule has 0 bridgehead atoms. The summed E-state index contributed by atoms with van der Waals surface area (Å²) in [5.74, 6) is 5.86. The van der Waals surface area contributed by atoms with Crippen LogP contribution in [0.25, 0.3) is 10.9 Å². The number of aromatic hydroxyl groups is 1. The van der Waals surface area contributed by atoms with Crippen molar-refractivity contribution >= 4 is 16.7 Å². The van der Waals surface area contributed by atoms with E-state index in [4.69, 9.17) is 16.7 Å². The Morgan fingerprint density at radius 3 is 2.32 bits per heavy atom. The molecule has 0 spiro atoms. The Morgan fingerprint density at radius 2 is 1.68 bits per heavy atom. The van der Waals surface area contributed by atoms with Crippen molar-refractivity contribution in [3.05, 3.63) is 54.6 Å². The highest BCUT2D eigenvalue weighted by atomic mass is 16.6. The second-order valence-corrected chi connectivity index (χ2v) is 3.90. The lowest BCUT2D eigenvalue weighted by Gasteiger charge is -1.98. The molecule has 0 saturated heterocycles. The van der Waals surface area contributed by atoms with E-state index in [2.05, 4.69) is 9.82 Å². The van der Waals surface area contributed by atoms with Crippen molar-refractivity contribution in [3.63, 3.8) is 0 Å². The molecular weight excluding hydrogens is 242 g/mol. The van der Waals surface area contributed by atoms with Gasteiger partial charge in [-0.25, -0.2) is 0 Å². The molecule has 2 aromatic carbocycles. The molecule has 98 valence electrons. The fourth-order valence-electron chi connectivity index (χ4n) is 1.65. The van der Waals surface area contributed by atoms with Crippen molar-refractivity contribution in [2.24, 2.45) is 5.90 Å². The van der Waals surface area contributed by atoms with Gasteiger partial charge in [-0.15, -0.1) is 0 Å². The fraction of sp³-hybridized carbons (Fsp3) is 0. The summed E-state index contributed by atoms with van der Waals surface area (Å²) in [6.07, 6.45) is 0. The van der Waals surface area contributed by atoms with Gasteiger partial charge in [-0.2, -0.15) is 5.90 Å². The number of rotatable bonds is 1. The number of aromatic amines is 1. The van der Waals surface area contributed by atoms with Crippen molar-refractivity contribution in [1.29, 1.82) is 0 Å². The first-order chi connectivity index (χ1) is 9.20. The molecule has 3 rings (SSSR count). The number of anilines is 1. The zero-order valence-corrected chi connectivity index (χ0v) is 10.2. The lowest BCUT2D eigenvalue weighted by Crippen LogP contribution is -2.01. The van der Waals surface area contributed by atoms with Crippen LogP contribution in [0.15, 0.2) is 54.6 Å². The summed E-state index contributed by atoms with van der Waals surface area (Å²) in [4.78, 5) is 7.33. The molecule has 0 atom stereocenters. The maximum absolute atomic E-state index is 8.91. The Labute approximate surface area is 110 Å². The Hall–Kier alpha value is -2.66. The highest BCUT2D eigenvalue weighted by Crippen LogP contribution is 2.22. The molecule has 0 radical (unpaired) electrons. The predicted octanol–water partition coefficient (Wildman–Crippen LogP) is 2.39. The number of phenolic OH excluding ortho intramolecular Hbond substituents is 1. The summed E-state index contributed by atoms with van der Waals surface area (Å²) in [6, 6.07) is 16.4. The molecule has 0 saturated carbocycles. The molecule has 1 heterocycles. The molecular formula is C14H15N3O2. The number of nitrogen functional groups attached to an aromatic ring is 1. The molecule has 19 heavy (non-hydrogen) atoms. The van der Waals surface area contributed by atoms with Crippen LogP contribution in [0.4, 0.5) is 5.82 Å². The van der Waals surface area contributed by atoms with E-state index in [0.29, 0.717) is 0 Å². The van der Waals surface area contributed by atoms with Crippen molar-refractivity contribution in [2.45, 2.75) is 0 Å². The number of H-pyrrole nitrogens is 1. The van der Waals surface area contributed by atoms with Crippen molar-refractivity contribution in [1.82, 2.24) is 4.98 Å². The second-order valence-electron chi connectivity index (χ2n) is 3.90. The van der Waals surface area contributed by atoms with Gasteiger partial charge in [0.1, 0.15) is 5.82 Å². The number of phenols is 1. The summed E-state index contributed by atoms with van der Waals surface area (Å²) < 4.78 is 0. The van der Waals surface area contributed by atoms with E-state index in [0.717, 1.165) is 11.3 Å². The molecule has 1 aromatic heterocycles. The topological polar surface area (TPSA) is 97.3 Å². The summed E-state index contributed by atoms with van der Waals surface area (Å²) in [7, 11) is 0. The smallest absolute Gasteiger partial charge is 0.188 e. The van der Waals surface area contributed by atoms with Gasteiger partial charge in [0.05, 0.1) is 0 Å². The van der Waals surface area contributed by atoms with Crippen LogP contribution < -0.4 is 16.5 Å². The number of nitrogens with one attached hydrogen (secondary N) is 1. The number of aromatic nitrogens is 1. The maximum Gasteiger partial charge on any atom is 0.188 e. The van der Waals surface area contributed by atoms with E-state index >= 15 is 0 Å². The average molecular weight is 257 g/mol. The standard InChI is InChI=1S/C8H8N2.C6H7NO2/c9-8-5-6-3-1-2-4-7(6)10-8;7-9-6-4-2-1-3-5(6)8/h1-5,10H,9H2;1-4,8H,7H2. The number of hydrogen-bond donors (Lipinski definition) is 4. The first kappa shape index (κ1) is 12.8. The molecule has 0 unspecified atom stereocenters. The van der Waals surface area contributed by atoms with Crippen LogP contribution in [0.1, 0.15) is 0 Å². The third-order valence-electron chi connectivity index (χ3n) is 2.54. The van der Waals surface area contributed by atoms with Crippen LogP contribution in [0.3, 0.4) is 0 Å². The monoisotopic (exact) mass is 257 g/mol. The van der Waals surface area contributed by atoms with Gasteiger partial charge in [0.25, 0.3) is 0 Å². The van der Waals surface area contributed by atoms with E-state index < -0.39 is 0 Å². The Morgan fingerprint density at radius 1 is 1.00 bits per heavy atom. The van der Waals surface area contributed by atoms with E-state index in [1.807, 2.05) is 30.3 Å². The van der Waals surface area contributed by atoms with Crippen molar-refractivity contribution < 1.29 is 9.94 Å². The minimum Gasteiger partial charge on any atom is -0.504 e. The lowest BCUT2D eigenvalue weighted by molar-refractivity contribution is 0.313. The highest BCUT2D eigenvalue weighted by Gasteiger charge is 1.95. The van der Waals surface area contributed by atoms with Gasteiger partial charge in [0, 0.05) is 10.9 Å². The number of nitrogens with two attached hydrogens (primary N) is 2. The van der Waals surface area contributed by atoms with Gasteiger partial charge >= 0.3 is 0 Å². The van der Waals surface area contributed by atoms with Gasteiger partial charge in [-0.05, 0) is 24.3 Å². The summed E-state index contributed by atoms with van der Waals surface area (Å²) in [5, 5.41) is 10.1. The van der Waals surface area contributed by atoms with E-state index in [-0.39, 0.29) is 11.5 Å². The molecule has 0 fully saturated rings. The number of hydrogen-bond acceptors (Lipinski definition) is 4. The Kier molecular flexibility index (Phi) is 3.90. The Balaban J connectivity index is 0.000000141. The summed E-state index contributed by atoms with van der Waals surface area (Å²) in [6.45, 7) is 0. The SMILES string of the molecule is NOc1ccccc1O.Nc1cc2ccccc2[nH]1. The van der Waals surface area contributed by atoms with Crippen LogP contribution in [-0.2, 0) is 0 Å². The molecule has 0 aliphatic rings. The Bertz CT molecular complexity index is 631. The summed E-state index contributed by atoms with van der Waals surface area (Å²) in [5.41, 5.74) is 6.63.